The van der Waals surface area contributed by atoms with Crippen LogP contribution in [0.5, 0.6) is 0 Å². The number of nitrogens with one attached hydrogen (secondary N) is 1. The lowest BCUT2D eigenvalue weighted by Crippen LogP contribution is -2.40. The molecule has 1 aromatic heterocycles. The van der Waals surface area contributed by atoms with Gasteiger partial charge in [-0.2, -0.15) is 0 Å². The molecule has 1 fully saturated rings. The number of hydrogen-bond donors (Lipinski definition) is 1. The summed E-state index contributed by atoms with van der Waals surface area (Å²) in [4.78, 5) is 19.3. The van der Waals surface area contributed by atoms with Crippen molar-refractivity contribution in [1.29, 1.82) is 0 Å². The Morgan fingerprint density at radius 3 is 2.50 bits per heavy atom. The Labute approximate surface area is 196 Å². The second-order valence-corrected chi connectivity index (χ2v) is 10.5. The number of ether oxygens (including phenoxy) is 1. The van der Waals surface area contributed by atoms with Crippen molar-refractivity contribution in [1.82, 2.24) is 9.55 Å². The minimum absolute atomic E-state index is 0.0687. The van der Waals surface area contributed by atoms with Crippen molar-refractivity contribution in [2.45, 2.75) is 24.8 Å². The van der Waals surface area contributed by atoms with E-state index in [1.165, 1.54) is 10.6 Å². The van der Waals surface area contributed by atoms with Crippen LogP contribution in [-0.2, 0) is 21.6 Å². The Hall–Kier alpha value is -3.05. The average molecular weight is 493 g/mol. The number of nitrogens with zero attached hydrogens (tertiary/aromatic N) is 3. The van der Waals surface area contributed by atoms with Gasteiger partial charge in [-0.1, -0.05) is 6.07 Å². The minimum atomic E-state index is -4.06. The first-order valence-electron chi connectivity index (χ1n) is 10.8. The number of anilines is 2. The van der Waals surface area contributed by atoms with Crippen LogP contribution < -0.4 is 15.8 Å². The third-order valence-electron chi connectivity index (χ3n) is 5.88. The molecule has 0 saturated carbocycles. The number of fused-ring (bicyclic) bond motifs is 1. The van der Waals surface area contributed by atoms with Crippen LogP contribution in [0.2, 0.25) is 0 Å². The first-order valence-corrected chi connectivity index (χ1v) is 12.7. The zero-order valence-electron chi connectivity index (χ0n) is 19.4. The fraction of sp³-hybridized carbons (Fsp3) is 0.391. The molecule has 2 heterocycles. The fourth-order valence-electron chi connectivity index (χ4n) is 4.24. The third-order valence-corrected chi connectivity index (χ3v) is 7.02. The van der Waals surface area contributed by atoms with Crippen molar-refractivity contribution in [2.24, 2.45) is 7.05 Å². The smallest absolute Gasteiger partial charge is 0.262 e. The van der Waals surface area contributed by atoms with E-state index in [1.807, 2.05) is 17.9 Å². The molecule has 0 amide bonds. The largest absolute Gasteiger partial charge is 0.378 e. The second kappa shape index (κ2) is 8.95. The van der Waals surface area contributed by atoms with E-state index in [2.05, 4.69) is 5.32 Å². The van der Waals surface area contributed by atoms with Crippen molar-refractivity contribution < 1.29 is 21.9 Å². The third kappa shape index (κ3) is 4.37. The molecule has 8 nitrogen and oxygen atoms in total. The van der Waals surface area contributed by atoms with Gasteiger partial charge in [0.1, 0.15) is 4.90 Å². The summed E-state index contributed by atoms with van der Waals surface area (Å²) in [6.07, 6.45) is 0.822. The lowest BCUT2D eigenvalue weighted by atomic mass is 10.0. The van der Waals surface area contributed by atoms with E-state index in [4.69, 9.17) is 9.72 Å². The quantitative estimate of drug-likeness (QED) is 0.585. The van der Waals surface area contributed by atoms with E-state index in [-0.39, 0.29) is 11.2 Å². The monoisotopic (exact) mass is 492 g/mol. The Bertz CT molecular complexity index is 1430. The van der Waals surface area contributed by atoms with Crippen molar-refractivity contribution in [3.63, 3.8) is 0 Å². The van der Waals surface area contributed by atoms with E-state index < -0.39 is 32.4 Å². The standard InChI is InChI=1S/C23H26F2N4O4S/c1-13-11-15(14(2)26-18-6-5-17(24)19(25)21(18)34(4,31)32)20-16(12-13)22(30)28(3)23(27-20)29-7-9-33-10-8-29/h5-6,11-12,14,26H,7-10H2,1-4H3/t14-/m0/s1. The molecule has 0 radical (unpaired) electrons. The molecule has 4 rings (SSSR count). The van der Waals surface area contributed by atoms with Gasteiger partial charge < -0.3 is 15.0 Å². The molecule has 0 bridgehead atoms. The second-order valence-electron chi connectivity index (χ2n) is 8.50. The molecule has 1 saturated heterocycles. The highest BCUT2D eigenvalue weighted by Gasteiger charge is 2.25. The lowest BCUT2D eigenvalue weighted by molar-refractivity contribution is 0.121. The molecule has 11 heteroatoms. The Balaban J connectivity index is 1.86. The minimum Gasteiger partial charge on any atom is -0.378 e. The highest BCUT2D eigenvalue weighted by Crippen LogP contribution is 2.32. The molecule has 2 aromatic carbocycles. The maximum Gasteiger partial charge on any atom is 0.262 e. The van der Waals surface area contributed by atoms with Gasteiger partial charge in [-0.15, -0.1) is 0 Å². The molecule has 34 heavy (non-hydrogen) atoms. The van der Waals surface area contributed by atoms with Gasteiger partial charge >= 0.3 is 0 Å². The molecule has 0 unspecified atom stereocenters. The summed E-state index contributed by atoms with van der Waals surface area (Å²) in [5.41, 5.74) is 1.61. The Kier molecular flexibility index (Phi) is 6.34. The van der Waals surface area contributed by atoms with Gasteiger partial charge in [0, 0.05) is 32.0 Å². The zero-order valence-corrected chi connectivity index (χ0v) is 20.2. The predicted molar refractivity (Wildman–Crippen MR) is 126 cm³/mol. The predicted octanol–water partition coefficient (Wildman–Crippen LogP) is 2.93. The number of rotatable bonds is 5. The molecular weight excluding hydrogens is 466 g/mol. The normalized spacial score (nSPS) is 15.5. The number of sulfone groups is 1. The van der Waals surface area contributed by atoms with Crippen molar-refractivity contribution >= 4 is 32.4 Å². The highest BCUT2D eigenvalue weighted by atomic mass is 32.2. The molecule has 1 N–H and O–H groups in total. The van der Waals surface area contributed by atoms with E-state index in [1.54, 1.807) is 20.0 Å². The van der Waals surface area contributed by atoms with Crippen LogP contribution in [0.1, 0.15) is 24.1 Å². The van der Waals surface area contributed by atoms with Crippen LogP contribution in [-0.4, -0.2) is 50.5 Å². The summed E-state index contributed by atoms with van der Waals surface area (Å²) in [7, 11) is -2.39. The molecule has 1 aliphatic heterocycles. The summed E-state index contributed by atoms with van der Waals surface area (Å²) >= 11 is 0. The Morgan fingerprint density at radius 1 is 1.18 bits per heavy atom. The van der Waals surface area contributed by atoms with Crippen LogP contribution in [0.25, 0.3) is 10.9 Å². The topological polar surface area (TPSA) is 93.5 Å². The number of halogens is 2. The Morgan fingerprint density at radius 2 is 1.85 bits per heavy atom. The van der Waals surface area contributed by atoms with Gasteiger partial charge in [0.25, 0.3) is 5.56 Å². The fourth-order valence-corrected chi connectivity index (χ4v) is 5.19. The van der Waals surface area contributed by atoms with Crippen LogP contribution >= 0.6 is 0 Å². The maximum absolute atomic E-state index is 14.4. The number of benzene rings is 2. The van der Waals surface area contributed by atoms with E-state index in [0.717, 1.165) is 17.9 Å². The maximum atomic E-state index is 14.4. The molecule has 182 valence electrons. The molecular formula is C23H26F2N4O4S. The van der Waals surface area contributed by atoms with Gasteiger partial charge in [0.15, 0.2) is 21.5 Å². The van der Waals surface area contributed by atoms with Crippen LogP contribution in [0.3, 0.4) is 0 Å². The van der Waals surface area contributed by atoms with Gasteiger partial charge in [-0.3, -0.25) is 9.36 Å². The first-order chi connectivity index (χ1) is 16.0. The van der Waals surface area contributed by atoms with Crippen molar-refractivity contribution in [2.75, 3.05) is 42.8 Å². The van der Waals surface area contributed by atoms with Crippen molar-refractivity contribution in [3.8, 4) is 0 Å². The van der Waals surface area contributed by atoms with Crippen molar-refractivity contribution in [3.05, 3.63) is 57.4 Å². The van der Waals surface area contributed by atoms with Crippen LogP contribution in [0.15, 0.2) is 34.0 Å². The zero-order chi connectivity index (χ0) is 24.8. The molecule has 0 aliphatic carbocycles. The lowest BCUT2D eigenvalue weighted by Gasteiger charge is -2.29. The average Bonchev–Trinajstić information content (AvgIpc) is 2.78. The SMILES string of the molecule is Cc1cc([C@H](C)Nc2ccc(F)c(F)c2S(C)(=O)=O)c2nc(N3CCOCC3)n(C)c(=O)c2c1. The number of hydrogen-bond acceptors (Lipinski definition) is 7. The summed E-state index contributed by atoms with van der Waals surface area (Å²) in [6.45, 7) is 5.81. The summed E-state index contributed by atoms with van der Waals surface area (Å²) in [5, 5.41) is 3.40. The van der Waals surface area contributed by atoms with Crippen LogP contribution in [0, 0.1) is 18.6 Å². The number of aryl methyl sites for hydroxylation is 1. The van der Waals surface area contributed by atoms with Gasteiger partial charge in [-0.25, -0.2) is 22.2 Å². The van der Waals surface area contributed by atoms with Gasteiger partial charge in [-0.05, 0) is 37.6 Å². The van der Waals surface area contributed by atoms with Gasteiger partial charge in [0.05, 0.1) is 35.8 Å². The van der Waals surface area contributed by atoms with E-state index >= 15 is 0 Å². The molecule has 3 aromatic rings. The molecule has 1 atom stereocenters. The highest BCUT2D eigenvalue weighted by molar-refractivity contribution is 7.90. The summed E-state index contributed by atoms with van der Waals surface area (Å²) in [6, 6.07) is 5.08. The van der Waals surface area contributed by atoms with Crippen LogP contribution in [0.4, 0.5) is 20.4 Å². The van der Waals surface area contributed by atoms with E-state index in [0.29, 0.717) is 48.7 Å². The number of morpholine rings is 1. The summed E-state index contributed by atoms with van der Waals surface area (Å²) < 4.78 is 59.5. The molecule has 0 spiro atoms. The summed E-state index contributed by atoms with van der Waals surface area (Å²) in [5.74, 6) is -2.18. The van der Waals surface area contributed by atoms with Gasteiger partial charge in [0.2, 0.25) is 5.95 Å². The number of aromatic nitrogens is 2. The molecule has 1 aliphatic rings. The van der Waals surface area contributed by atoms with E-state index in [9.17, 15) is 22.0 Å². The first kappa shape index (κ1) is 24.1.